The van der Waals surface area contributed by atoms with Crippen LogP contribution in [-0.2, 0) is 6.42 Å². The quantitative estimate of drug-likeness (QED) is 0.800. The lowest BCUT2D eigenvalue weighted by atomic mass is 10.0. The van der Waals surface area contributed by atoms with E-state index in [9.17, 15) is 5.11 Å². The molecular weight excluding hydrogens is 324 g/mol. The van der Waals surface area contributed by atoms with Gasteiger partial charge in [0, 0.05) is 37.4 Å². The van der Waals surface area contributed by atoms with E-state index in [-0.39, 0.29) is 0 Å². The lowest BCUT2D eigenvalue weighted by Gasteiger charge is -2.34. The molecule has 1 aliphatic rings. The van der Waals surface area contributed by atoms with Gasteiger partial charge in [-0.1, -0.05) is 43.7 Å². The molecule has 1 atom stereocenters. The number of nitrogens with zero attached hydrogens (tertiary/aromatic N) is 3. The summed E-state index contributed by atoms with van der Waals surface area (Å²) in [7, 11) is 0. The number of aliphatic hydroxyl groups is 1. The molecule has 0 aliphatic carbocycles. The van der Waals surface area contributed by atoms with Crippen LogP contribution >= 0.6 is 0 Å². The highest BCUT2D eigenvalue weighted by Gasteiger charge is 2.21. The molecule has 1 aromatic carbocycles. The van der Waals surface area contributed by atoms with Crippen LogP contribution in [0.25, 0.3) is 0 Å². The van der Waals surface area contributed by atoms with E-state index in [4.69, 9.17) is 0 Å². The third-order valence-electron chi connectivity index (χ3n) is 4.99. The minimum absolute atomic E-state index is 0.447. The minimum atomic E-state index is -0.449. The van der Waals surface area contributed by atoms with E-state index >= 15 is 0 Å². The number of benzene rings is 1. The van der Waals surface area contributed by atoms with Crippen LogP contribution in [0.3, 0.4) is 0 Å². The number of aryl methyl sites for hydroxylation is 2. The molecule has 2 heterocycles. The van der Waals surface area contributed by atoms with Crippen molar-refractivity contribution in [3.8, 4) is 0 Å². The largest absolute Gasteiger partial charge is 0.387 e. The number of anilines is 1. The van der Waals surface area contributed by atoms with Gasteiger partial charge >= 0.3 is 0 Å². The van der Waals surface area contributed by atoms with Crippen molar-refractivity contribution in [3.63, 3.8) is 0 Å². The summed E-state index contributed by atoms with van der Waals surface area (Å²) in [4.78, 5) is 11.5. The molecule has 0 unspecified atom stereocenters. The molecule has 140 valence electrons. The third-order valence-corrected chi connectivity index (χ3v) is 4.99. The number of piperidine rings is 1. The summed E-state index contributed by atoms with van der Waals surface area (Å²) in [6.45, 7) is 6.73. The SMILES string of the molecule is CCCc1cc(N2CCC(NC[C@H](O)c3ccccc3)CC2)nc(C)n1. The van der Waals surface area contributed by atoms with E-state index < -0.39 is 6.10 Å². The monoisotopic (exact) mass is 354 g/mol. The molecule has 0 saturated carbocycles. The lowest BCUT2D eigenvalue weighted by molar-refractivity contribution is 0.167. The molecule has 0 bridgehead atoms. The van der Waals surface area contributed by atoms with Gasteiger partial charge in [0.25, 0.3) is 0 Å². The van der Waals surface area contributed by atoms with E-state index in [2.05, 4.69) is 33.2 Å². The summed E-state index contributed by atoms with van der Waals surface area (Å²) < 4.78 is 0. The van der Waals surface area contributed by atoms with Crippen molar-refractivity contribution in [2.24, 2.45) is 0 Å². The van der Waals surface area contributed by atoms with Crippen LogP contribution in [0.5, 0.6) is 0 Å². The first kappa shape index (κ1) is 18.8. The van der Waals surface area contributed by atoms with Gasteiger partial charge in [0.05, 0.1) is 6.10 Å². The Bertz CT molecular complexity index is 684. The standard InChI is InChI=1S/C21H30N4O/c1-3-7-19-14-21(24-16(2)23-19)25-12-10-18(11-13-25)22-15-20(26)17-8-5-4-6-9-17/h4-6,8-9,14,18,20,22,26H,3,7,10-13,15H2,1-2H3/t20-/m0/s1. The summed E-state index contributed by atoms with van der Waals surface area (Å²) in [5.41, 5.74) is 2.11. The van der Waals surface area contributed by atoms with Crippen molar-refractivity contribution in [3.05, 3.63) is 53.5 Å². The first-order valence-corrected chi connectivity index (χ1v) is 9.71. The molecule has 1 saturated heterocycles. The molecule has 26 heavy (non-hydrogen) atoms. The number of aliphatic hydroxyl groups excluding tert-OH is 1. The van der Waals surface area contributed by atoms with Crippen LogP contribution in [0.2, 0.25) is 0 Å². The Balaban J connectivity index is 1.50. The molecule has 3 rings (SSSR count). The summed E-state index contributed by atoms with van der Waals surface area (Å²) in [5, 5.41) is 13.8. The lowest BCUT2D eigenvalue weighted by Crippen LogP contribution is -2.44. The fraction of sp³-hybridized carbons (Fsp3) is 0.524. The van der Waals surface area contributed by atoms with Crippen molar-refractivity contribution < 1.29 is 5.11 Å². The smallest absolute Gasteiger partial charge is 0.132 e. The van der Waals surface area contributed by atoms with Crippen molar-refractivity contribution in [2.75, 3.05) is 24.5 Å². The Morgan fingerprint density at radius 1 is 1.19 bits per heavy atom. The molecule has 1 fully saturated rings. The second-order valence-electron chi connectivity index (χ2n) is 7.11. The van der Waals surface area contributed by atoms with Gasteiger partial charge in [-0.25, -0.2) is 9.97 Å². The molecule has 0 spiro atoms. The molecule has 0 amide bonds. The highest BCUT2D eigenvalue weighted by Crippen LogP contribution is 2.20. The molecule has 2 N–H and O–H groups in total. The number of rotatable bonds is 7. The first-order valence-electron chi connectivity index (χ1n) is 9.71. The zero-order valence-corrected chi connectivity index (χ0v) is 15.9. The van der Waals surface area contributed by atoms with Crippen molar-refractivity contribution in [1.29, 1.82) is 0 Å². The molecule has 5 nitrogen and oxygen atoms in total. The number of hydrogen-bond acceptors (Lipinski definition) is 5. The summed E-state index contributed by atoms with van der Waals surface area (Å²) in [6, 6.07) is 12.4. The normalized spacial score (nSPS) is 16.7. The second kappa shape index (κ2) is 9.10. The Kier molecular flexibility index (Phi) is 6.58. The number of hydrogen-bond donors (Lipinski definition) is 2. The van der Waals surface area contributed by atoms with Crippen LogP contribution in [0.4, 0.5) is 5.82 Å². The summed E-state index contributed by atoms with van der Waals surface area (Å²) in [5.74, 6) is 1.92. The molecule has 5 heteroatoms. The predicted octanol–water partition coefficient (Wildman–Crippen LogP) is 3.03. The summed E-state index contributed by atoms with van der Waals surface area (Å²) >= 11 is 0. The van der Waals surface area contributed by atoms with Crippen LogP contribution in [0.15, 0.2) is 36.4 Å². The molecule has 1 aromatic heterocycles. The van der Waals surface area contributed by atoms with Crippen molar-refractivity contribution >= 4 is 5.82 Å². The van der Waals surface area contributed by atoms with Crippen LogP contribution < -0.4 is 10.2 Å². The van der Waals surface area contributed by atoms with Crippen molar-refractivity contribution in [1.82, 2.24) is 15.3 Å². The van der Waals surface area contributed by atoms with E-state index in [1.165, 1.54) is 0 Å². The van der Waals surface area contributed by atoms with E-state index in [0.29, 0.717) is 12.6 Å². The van der Waals surface area contributed by atoms with E-state index in [1.54, 1.807) is 0 Å². The maximum atomic E-state index is 10.3. The van der Waals surface area contributed by atoms with Gasteiger partial charge in [0.2, 0.25) is 0 Å². The number of aromatic nitrogens is 2. The Hall–Kier alpha value is -1.98. The average Bonchev–Trinajstić information content (AvgIpc) is 2.67. The Morgan fingerprint density at radius 3 is 2.62 bits per heavy atom. The van der Waals surface area contributed by atoms with Gasteiger partial charge in [-0.3, -0.25) is 0 Å². The summed E-state index contributed by atoms with van der Waals surface area (Å²) in [6.07, 6.45) is 3.79. The van der Waals surface area contributed by atoms with Gasteiger partial charge in [-0.05, 0) is 31.7 Å². The van der Waals surface area contributed by atoms with Crippen LogP contribution in [-0.4, -0.2) is 40.8 Å². The topological polar surface area (TPSA) is 61.3 Å². The molecule has 2 aromatic rings. The minimum Gasteiger partial charge on any atom is -0.387 e. The fourth-order valence-corrected chi connectivity index (χ4v) is 3.54. The van der Waals surface area contributed by atoms with Gasteiger partial charge < -0.3 is 15.3 Å². The zero-order valence-electron chi connectivity index (χ0n) is 15.9. The maximum absolute atomic E-state index is 10.3. The first-order chi connectivity index (χ1) is 12.7. The third kappa shape index (κ3) is 5.02. The average molecular weight is 354 g/mol. The zero-order chi connectivity index (χ0) is 18.4. The Labute approximate surface area is 156 Å². The van der Waals surface area contributed by atoms with E-state index in [1.807, 2.05) is 37.3 Å². The number of nitrogens with one attached hydrogen (secondary N) is 1. The maximum Gasteiger partial charge on any atom is 0.132 e. The second-order valence-corrected chi connectivity index (χ2v) is 7.11. The molecular formula is C21H30N4O. The highest BCUT2D eigenvalue weighted by atomic mass is 16.3. The Morgan fingerprint density at radius 2 is 1.92 bits per heavy atom. The van der Waals surface area contributed by atoms with Gasteiger partial charge in [0.15, 0.2) is 0 Å². The van der Waals surface area contributed by atoms with Gasteiger partial charge in [0.1, 0.15) is 11.6 Å². The molecule has 1 aliphatic heterocycles. The highest BCUT2D eigenvalue weighted by molar-refractivity contribution is 5.40. The molecule has 0 radical (unpaired) electrons. The van der Waals surface area contributed by atoms with Crippen LogP contribution in [0, 0.1) is 6.92 Å². The van der Waals surface area contributed by atoms with Gasteiger partial charge in [-0.2, -0.15) is 0 Å². The van der Waals surface area contributed by atoms with Gasteiger partial charge in [-0.15, -0.1) is 0 Å². The van der Waals surface area contributed by atoms with E-state index in [0.717, 1.165) is 61.7 Å². The predicted molar refractivity (Wildman–Crippen MR) is 105 cm³/mol. The van der Waals surface area contributed by atoms with Crippen molar-refractivity contribution in [2.45, 2.75) is 51.7 Å². The fourth-order valence-electron chi connectivity index (χ4n) is 3.54. The van der Waals surface area contributed by atoms with Crippen LogP contribution in [0.1, 0.15) is 49.4 Å².